The van der Waals surface area contributed by atoms with Crippen LogP contribution in [-0.4, -0.2) is 45.1 Å². The van der Waals surface area contributed by atoms with Gasteiger partial charge in [-0.15, -0.1) is 0 Å². The quantitative estimate of drug-likeness (QED) is 0.137. The Kier molecular flexibility index (Phi) is 22.9. The number of nitrogens with zero attached hydrogens (tertiary/aromatic N) is 1. The second-order valence-electron chi connectivity index (χ2n) is 8.56. The average Bonchev–Trinajstić information content (AvgIpc) is 2.53. The first-order valence-electron chi connectivity index (χ1n) is 10.9. The monoisotopic (exact) mass is 394 g/mol. The Labute approximate surface area is 166 Å². The van der Waals surface area contributed by atoms with E-state index in [0.29, 0.717) is 0 Å². The van der Waals surface area contributed by atoms with Crippen LogP contribution < -0.4 is 0 Å². The van der Waals surface area contributed by atoms with Gasteiger partial charge in [-0.05, 0) is 12.8 Å². The van der Waals surface area contributed by atoms with Gasteiger partial charge < -0.3 is 4.48 Å². The van der Waals surface area contributed by atoms with Crippen molar-refractivity contribution in [2.75, 3.05) is 27.7 Å². The van der Waals surface area contributed by atoms with E-state index in [9.17, 15) is 0 Å². The molecule has 5 heteroatoms. The molecular weight excluding hydrogens is 346 g/mol. The van der Waals surface area contributed by atoms with Crippen LogP contribution in [0.2, 0.25) is 0 Å². The third-order valence-electron chi connectivity index (χ3n) is 4.68. The van der Waals surface area contributed by atoms with Crippen molar-refractivity contribution in [3.63, 3.8) is 0 Å². The van der Waals surface area contributed by atoms with Gasteiger partial charge in [0.05, 0.1) is 27.7 Å². The van der Waals surface area contributed by atoms with Crippen LogP contribution >= 0.6 is 0 Å². The molecule has 0 unspecified atom stereocenters. The van der Waals surface area contributed by atoms with Crippen molar-refractivity contribution in [2.45, 2.75) is 110 Å². The van der Waals surface area contributed by atoms with Crippen LogP contribution in [0.3, 0.4) is 0 Å². The standard InChI is InChI=1S/C21H46N.H2O3S/c1-5-6-7-8-9-10-11-12-13-14-15-16-17-18-19-20-21-22(2,3)4;1-4(2)3/h5-21H2,1-4H3;4H,(H,1,2,3)/q+1;. The molecule has 0 saturated heterocycles. The molecule has 0 radical (unpaired) electrons. The van der Waals surface area contributed by atoms with Crippen LogP contribution in [0.5, 0.6) is 0 Å². The third kappa shape index (κ3) is 35.1. The van der Waals surface area contributed by atoms with Crippen LogP contribution in [0.4, 0.5) is 0 Å². The van der Waals surface area contributed by atoms with E-state index in [2.05, 4.69) is 28.1 Å². The van der Waals surface area contributed by atoms with Crippen molar-refractivity contribution in [2.24, 2.45) is 0 Å². The fourth-order valence-corrected chi connectivity index (χ4v) is 3.13. The van der Waals surface area contributed by atoms with Gasteiger partial charge in [-0.2, -0.15) is 0 Å². The van der Waals surface area contributed by atoms with Gasteiger partial charge in [0.25, 0.3) is 11.0 Å². The molecule has 0 bridgehead atoms. The summed E-state index contributed by atoms with van der Waals surface area (Å²) in [4.78, 5) is 0. The first-order chi connectivity index (χ1) is 12.3. The van der Waals surface area contributed by atoms with Crippen molar-refractivity contribution in [3.05, 3.63) is 0 Å². The van der Waals surface area contributed by atoms with Crippen LogP contribution in [0.25, 0.3) is 0 Å². The lowest BCUT2D eigenvalue weighted by molar-refractivity contribution is -0.870. The molecule has 0 atom stereocenters. The molecule has 0 amide bonds. The lowest BCUT2D eigenvalue weighted by atomic mass is 10.0. The Morgan fingerprint density at radius 1 is 0.577 bits per heavy atom. The van der Waals surface area contributed by atoms with E-state index in [1.165, 1.54) is 109 Å². The number of thiol groups is 1. The van der Waals surface area contributed by atoms with Gasteiger partial charge in [-0.1, -0.05) is 96.8 Å². The molecule has 160 valence electrons. The molecule has 1 N–H and O–H groups in total. The average molecular weight is 395 g/mol. The van der Waals surface area contributed by atoms with Crippen molar-refractivity contribution in [1.82, 2.24) is 0 Å². The highest BCUT2D eigenvalue weighted by molar-refractivity contribution is 7.66. The highest BCUT2D eigenvalue weighted by atomic mass is 32.2. The van der Waals surface area contributed by atoms with Crippen LogP contribution in [0, 0.1) is 0 Å². The molecule has 0 aromatic carbocycles. The highest BCUT2D eigenvalue weighted by Crippen LogP contribution is 2.13. The van der Waals surface area contributed by atoms with E-state index in [0.717, 1.165) is 4.48 Å². The predicted octanol–water partition coefficient (Wildman–Crippen LogP) is 6.02. The van der Waals surface area contributed by atoms with Crippen LogP contribution in [0.15, 0.2) is 0 Å². The Balaban J connectivity index is 0. The van der Waals surface area contributed by atoms with E-state index < -0.39 is 11.0 Å². The number of hydrogen-bond acceptors (Lipinski definition) is 2. The Morgan fingerprint density at radius 3 is 1.04 bits per heavy atom. The Bertz CT molecular complexity index is 331. The summed E-state index contributed by atoms with van der Waals surface area (Å²) in [7, 11) is 3.77. The Hall–Kier alpha value is -0.130. The van der Waals surface area contributed by atoms with E-state index in [1.54, 1.807) is 0 Å². The molecule has 0 fully saturated rings. The summed E-state index contributed by atoms with van der Waals surface area (Å²) in [5.74, 6) is 0. The van der Waals surface area contributed by atoms with Crippen molar-refractivity contribution in [3.8, 4) is 0 Å². The van der Waals surface area contributed by atoms with Crippen LogP contribution in [-0.2, 0) is 11.0 Å². The zero-order valence-corrected chi connectivity index (χ0v) is 19.1. The first kappa shape index (κ1) is 28.1. The van der Waals surface area contributed by atoms with E-state index >= 15 is 0 Å². The smallest absolute Gasteiger partial charge is 0.254 e. The molecule has 0 rings (SSSR count). The molecule has 0 heterocycles. The number of rotatable bonds is 17. The normalized spacial score (nSPS) is 11.5. The Morgan fingerprint density at radius 2 is 0.808 bits per heavy atom. The minimum atomic E-state index is -3.12. The zero-order valence-electron chi connectivity index (χ0n) is 18.2. The highest BCUT2D eigenvalue weighted by Gasteiger charge is 2.04. The fourth-order valence-electron chi connectivity index (χ4n) is 3.13. The van der Waals surface area contributed by atoms with Gasteiger partial charge in [0, 0.05) is 0 Å². The minimum Gasteiger partial charge on any atom is -0.331 e. The lowest BCUT2D eigenvalue weighted by Gasteiger charge is -2.23. The largest absolute Gasteiger partial charge is 0.331 e. The maximum Gasteiger partial charge on any atom is 0.254 e. The fraction of sp³-hybridized carbons (Fsp3) is 1.00. The molecule has 0 saturated carbocycles. The summed E-state index contributed by atoms with van der Waals surface area (Å²) >= 11 is 0. The second-order valence-corrected chi connectivity index (χ2v) is 9.03. The summed E-state index contributed by atoms with van der Waals surface area (Å²) in [6, 6.07) is 0. The summed E-state index contributed by atoms with van der Waals surface area (Å²) in [5, 5.41) is 0. The zero-order chi connectivity index (χ0) is 20.1. The maximum atomic E-state index is 8.59. The van der Waals surface area contributed by atoms with Crippen molar-refractivity contribution >= 4 is 11.0 Å². The van der Waals surface area contributed by atoms with Gasteiger partial charge in [0.2, 0.25) is 0 Å². The summed E-state index contributed by atoms with van der Waals surface area (Å²) < 4.78 is 25.3. The summed E-state index contributed by atoms with van der Waals surface area (Å²) in [6.07, 6.45) is 23.4. The lowest BCUT2D eigenvalue weighted by Crippen LogP contribution is -2.35. The predicted molar refractivity (Wildman–Crippen MR) is 115 cm³/mol. The molecule has 0 aliphatic rings. The molecule has 0 aromatic heterocycles. The number of hydrogen-bond donors (Lipinski definition) is 2. The summed E-state index contributed by atoms with van der Waals surface area (Å²) in [5.41, 5.74) is 0. The van der Waals surface area contributed by atoms with Crippen LogP contribution in [0.1, 0.15) is 110 Å². The molecular formula is C21H48NO3S+. The van der Waals surface area contributed by atoms with E-state index in [4.69, 9.17) is 13.0 Å². The van der Waals surface area contributed by atoms with E-state index in [-0.39, 0.29) is 0 Å². The molecule has 0 spiro atoms. The second kappa shape index (κ2) is 21.2. The van der Waals surface area contributed by atoms with Gasteiger partial charge in [-0.25, -0.2) is 8.42 Å². The van der Waals surface area contributed by atoms with Gasteiger partial charge >= 0.3 is 0 Å². The maximum absolute atomic E-state index is 8.59. The third-order valence-corrected chi connectivity index (χ3v) is 4.68. The molecule has 0 aliphatic heterocycles. The minimum absolute atomic E-state index is 1.12. The van der Waals surface area contributed by atoms with Crippen molar-refractivity contribution < 1.29 is 17.5 Å². The topological polar surface area (TPSA) is 54.4 Å². The van der Waals surface area contributed by atoms with Crippen molar-refractivity contribution in [1.29, 1.82) is 0 Å². The molecule has 0 aromatic rings. The summed E-state index contributed by atoms with van der Waals surface area (Å²) in [6.45, 7) is 3.63. The SMILES string of the molecule is CCCCCCCCCCCCCCCCCC[N+](C)(C)C.O=[SH](=O)O. The first-order valence-corrected chi connectivity index (χ1v) is 12.1. The van der Waals surface area contributed by atoms with E-state index in [1.807, 2.05) is 0 Å². The van der Waals surface area contributed by atoms with Gasteiger partial charge in [0.15, 0.2) is 0 Å². The molecule has 4 nitrogen and oxygen atoms in total. The van der Waals surface area contributed by atoms with Gasteiger partial charge in [-0.3, -0.25) is 4.55 Å². The molecule has 26 heavy (non-hydrogen) atoms. The molecule has 0 aliphatic carbocycles. The van der Waals surface area contributed by atoms with Gasteiger partial charge in [0.1, 0.15) is 0 Å². The number of unbranched alkanes of at least 4 members (excludes halogenated alkanes) is 15. The number of quaternary nitrogens is 1.